The van der Waals surface area contributed by atoms with Gasteiger partial charge in [-0.3, -0.25) is 19.7 Å². The molecule has 72 valence electrons. The number of imide groups is 1. The Morgan fingerprint density at radius 1 is 1.31 bits per heavy atom. The number of ether oxygens (including phenoxy) is 1. The van der Waals surface area contributed by atoms with Crippen LogP contribution in [0.25, 0.3) is 0 Å². The molecule has 6 nitrogen and oxygen atoms in total. The number of nitrogens with one attached hydrogen (secondary N) is 2. The van der Waals surface area contributed by atoms with Gasteiger partial charge in [0.2, 0.25) is 12.3 Å². The van der Waals surface area contributed by atoms with Crippen LogP contribution in [0.3, 0.4) is 0 Å². The van der Waals surface area contributed by atoms with Crippen molar-refractivity contribution in [2.45, 2.75) is 6.92 Å². The Morgan fingerprint density at radius 2 is 1.92 bits per heavy atom. The van der Waals surface area contributed by atoms with Gasteiger partial charge in [0.1, 0.15) is 0 Å². The molecule has 13 heavy (non-hydrogen) atoms. The molecule has 0 aliphatic heterocycles. The Balaban J connectivity index is 4.30. The molecule has 0 aromatic heterocycles. The number of methoxy groups -OCH3 is 1. The van der Waals surface area contributed by atoms with E-state index in [-0.39, 0.29) is 18.1 Å². The Hall–Kier alpha value is -1.85. The first kappa shape index (κ1) is 11.2. The lowest BCUT2D eigenvalue weighted by atomic mass is 10.5. The van der Waals surface area contributed by atoms with Gasteiger partial charge in [0.05, 0.1) is 13.3 Å². The lowest BCUT2D eigenvalue weighted by Crippen LogP contribution is -2.26. The number of amides is 3. The third-order valence-electron chi connectivity index (χ3n) is 1.04. The summed E-state index contributed by atoms with van der Waals surface area (Å²) in [5.74, 6) is -1.21. The van der Waals surface area contributed by atoms with Crippen molar-refractivity contribution >= 4 is 18.2 Å². The maximum Gasteiger partial charge on any atom is 0.294 e. The number of carbonyl (C=O) groups excluding carboxylic acids is 3. The van der Waals surface area contributed by atoms with Crippen LogP contribution in [0.4, 0.5) is 0 Å². The first-order valence-corrected chi connectivity index (χ1v) is 3.37. The van der Waals surface area contributed by atoms with Crippen LogP contribution in [0, 0.1) is 0 Å². The van der Waals surface area contributed by atoms with Crippen LogP contribution >= 0.6 is 0 Å². The van der Waals surface area contributed by atoms with Crippen molar-refractivity contribution in [2.24, 2.45) is 0 Å². The second-order valence-electron chi connectivity index (χ2n) is 2.00. The highest BCUT2D eigenvalue weighted by Gasteiger charge is 2.07. The van der Waals surface area contributed by atoms with Gasteiger partial charge < -0.3 is 10.1 Å². The van der Waals surface area contributed by atoms with Crippen molar-refractivity contribution in [1.82, 2.24) is 10.6 Å². The molecule has 0 bridgehead atoms. The zero-order chi connectivity index (χ0) is 10.3. The van der Waals surface area contributed by atoms with E-state index >= 15 is 0 Å². The average Bonchev–Trinajstić information content (AvgIpc) is 2.05. The predicted molar refractivity (Wildman–Crippen MR) is 43.1 cm³/mol. The van der Waals surface area contributed by atoms with Crippen molar-refractivity contribution in [2.75, 3.05) is 7.11 Å². The van der Waals surface area contributed by atoms with Crippen molar-refractivity contribution in [3.8, 4) is 0 Å². The van der Waals surface area contributed by atoms with Gasteiger partial charge in [0.25, 0.3) is 5.91 Å². The summed E-state index contributed by atoms with van der Waals surface area (Å²) in [5.41, 5.74) is 0. The molecule has 0 spiro atoms. The summed E-state index contributed by atoms with van der Waals surface area (Å²) in [7, 11) is 1.25. The Morgan fingerprint density at radius 3 is 2.31 bits per heavy atom. The topological polar surface area (TPSA) is 84.5 Å². The summed E-state index contributed by atoms with van der Waals surface area (Å²) >= 11 is 0. The zero-order valence-corrected chi connectivity index (χ0v) is 7.29. The van der Waals surface area contributed by atoms with E-state index in [9.17, 15) is 14.4 Å². The van der Waals surface area contributed by atoms with Crippen LogP contribution in [-0.2, 0) is 19.1 Å². The average molecular weight is 186 g/mol. The van der Waals surface area contributed by atoms with E-state index < -0.39 is 5.91 Å². The first-order valence-electron chi connectivity index (χ1n) is 3.37. The molecule has 0 saturated heterocycles. The minimum Gasteiger partial charge on any atom is -0.490 e. The summed E-state index contributed by atoms with van der Waals surface area (Å²) in [6.07, 6.45) is 1.30. The summed E-state index contributed by atoms with van der Waals surface area (Å²) in [6, 6.07) is 0. The Bertz CT molecular complexity index is 247. The summed E-state index contributed by atoms with van der Waals surface area (Å²) in [5, 5.41) is 4.09. The monoisotopic (exact) mass is 186 g/mol. The van der Waals surface area contributed by atoms with E-state index in [0.717, 1.165) is 6.20 Å². The molecular weight excluding hydrogens is 176 g/mol. The van der Waals surface area contributed by atoms with Crippen molar-refractivity contribution in [3.05, 3.63) is 12.0 Å². The Kier molecular flexibility index (Phi) is 4.94. The van der Waals surface area contributed by atoms with Crippen LogP contribution in [-0.4, -0.2) is 25.3 Å². The van der Waals surface area contributed by atoms with E-state index in [1.807, 2.05) is 5.32 Å². The molecule has 0 aromatic rings. The Labute approximate surface area is 74.9 Å². The molecule has 2 N–H and O–H groups in total. The second-order valence-corrected chi connectivity index (χ2v) is 2.00. The molecule has 0 fully saturated rings. The highest BCUT2D eigenvalue weighted by molar-refractivity contribution is 5.97. The van der Waals surface area contributed by atoms with Crippen molar-refractivity contribution < 1.29 is 19.1 Å². The fraction of sp³-hybridized carbons (Fsp3) is 0.286. The number of rotatable bonds is 4. The minimum atomic E-state index is -0.716. The maximum atomic E-state index is 10.9. The highest BCUT2D eigenvalue weighted by atomic mass is 16.5. The molecule has 0 rings (SSSR count). The van der Waals surface area contributed by atoms with E-state index in [0.29, 0.717) is 0 Å². The summed E-state index contributed by atoms with van der Waals surface area (Å²) < 4.78 is 4.59. The van der Waals surface area contributed by atoms with Crippen LogP contribution in [0.5, 0.6) is 0 Å². The van der Waals surface area contributed by atoms with Crippen molar-refractivity contribution in [1.29, 1.82) is 0 Å². The normalized spacial score (nSPS) is 10.2. The van der Waals surface area contributed by atoms with Crippen molar-refractivity contribution in [3.63, 3.8) is 0 Å². The predicted octanol–water partition coefficient (Wildman–Crippen LogP) is -1.12. The molecule has 0 radical (unpaired) electrons. The summed E-state index contributed by atoms with van der Waals surface area (Å²) in [4.78, 5) is 31.2. The van der Waals surface area contributed by atoms with Gasteiger partial charge >= 0.3 is 0 Å². The molecule has 0 heterocycles. The zero-order valence-electron chi connectivity index (χ0n) is 7.29. The summed E-state index contributed by atoms with van der Waals surface area (Å²) in [6.45, 7) is 1.28. The van der Waals surface area contributed by atoms with E-state index in [2.05, 4.69) is 10.1 Å². The fourth-order valence-corrected chi connectivity index (χ4v) is 0.509. The van der Waals surface area contributed by atoms with Gasteiger partial charge in [-0.05, 0) is 0 Å². The molecule has 6 heteroatoms. The highest BCUT2D eigenvalue weighted by Crippen LogP contribution is 1.91. The molecule has 0 saturated carbocycles. The first-order chi connectivity index (χ1) is 6.11. The molecule has 0 aliphatic carbocycles. The third kappa shape index (κ3) is 4.57. The van der Waals surface area contributed by atoms with Crippen LogP contribution in [0.2, 0.25) is 0 Å². The molecular formula is C7H10N2O4. The SMILES string of the molecule is CO/C(=C/NC(C)=O)C(=O)NC=O. The molecule has 0 unspecified atom stereocenters. The largest absolute Gasteiger partial charge is 0.490 e. The van der Waals surface area contributed by atoms with E-state index in [1.54, 1.807) is 0 Å². The van der Waals surface area contributed by atoms with Gasteiger partial charge in [0.15, 0.2) is 5.76 Å². The van der Waals surface area contributed by atoms with Gasteiger partial charge in [-0.25, -0.2) is 0 Å². The lowest BCUT2D eigenvalue weighted by molar-refractivity contribution is -0.124. The van der Waals surface area contributed by atoms with Crippen LogP contribution in [0.1, 0.15) is 6.92 Å². The minimum absolute atomic E-state index is 0.151. The van der Waals surface area contributed by atoms with Crippen LogP contribution < -0.4 is 10.6 Å². The lowest BCUT2D eigenvalue weighted by Gasteiger charge is -2.02. The molecule has 0 aromatic carbocycles. The number of carbonyl (C=O) groups is 3. The quantitative estimate of drug-likeness (QED) is 0.331. The standard InChI is InChI=1S/C7H10N2O4/c1-5(11)8-3-6(13-2)7(12)9-4-10/h3-4H,1-2H3,(H,8,11)(H,9,10,12)/b6-3+. The number of hydrogen-bond donors (Lipinski definition) is 2. The fourth-order valence-electron chi connectivity index (χ4n) is 0.509. The van der Waals surface area contributed by atoms with Crippen LogP contribution in [0.15, 0.2) is 12.0 Å². The molecule has 3 amide bonds. The molecule has 0 atom stereocenters. The van der Waals surface area contributed by atoms with Gasteiger partial charge in [0, 0.05) is 6.92 Å². The maximum absolute atomic E-state index is 10.9. The van der Waals surface area contributed by atoms with E-state index in [4.69, 9.17) is 0 Å². The smallest absolute Gasteiger partial charge is 0.294 e. The van der Waals surface area contributed by atoms with Gasteiger partial charge in [-0.1, -0.05) is 0 Å². The molecule has 0 aliphatic rings. The van der Waals surface area contributed by atoms with Gasteiger partial charge in [-0.15, -0.1) is 0 Å². The second kappa shape index (κ2) is 5.76. The van der Waals surface area contributed by atoms with E-state index in [1.165, 1.54) is 14.0 Å². The van der Waals surface area contributed by atoms with Gasteiger partial charge in [-0.2, -0.15) is 0 Å². The number of hydrogen-bond acceptors (Lipinski definition) is 4. The third-order valence-corrected chi connectivity index (χ3v) is 1.04.